The Balaban J connectivity index is 1.45. The van der Waals surface area contributed by atoms with Gasteiger partial charge in [0, 0.05) is 51.9 Å². The second kappa shape index (κ2) is 7.90. The van der Waals surface area contributed by atoms with Gasteiger partial charge in [0.05, 0.1) is 6.10 Å². The monoisotopic (exact) mass is 318 g/mol. The molecule has 1 aromatic carbocycles. The lowest BCUT2D eigenvalue weighted by atomic mass is 9.98. The van der Waals surface area contributed by atoms with Crippen molar-refractivity contribution in [1.29, 1.82) is 0 Å². The zero-order valence-corrected chi connectivity index (χ0v) is 13.6. The van der Waals surface area contributed by atoms with E-state index in [1.807, 2.05) is 35.2 Å². The number of aliphatic hydroxyl groups is 1. The molecule has 0 bridgehead atoms. The van der Waals surface area contributed by atoms with E-state index in [1.165, 1.54) is 0 Å². The lowest BCUT2D eigenvalue weighted by molar-refractivity contribution is -0.140. The van der Waals surface area contributed by atoms with Gasteiger partial charge >= 0.3 is 0 Å². The van der Waals surface area contributed by atoms with Crippen LogP contribution in [0.1, 0.15) is 24.5 Å². The molecule has 0 spiro atoms. The smallest absolute Gasteiger partial charge is 0.225 e. The predicted octanol–water partition coefficient (Wildman–Crippen LogP) is 1.29. The van der Waals surface area contributed by atoms with Crippen molar-refractivity contribution in [3.63, 3.8) is 0 Å². The third-order valence-corrected chi connectivity index (χ3v) is 4.87. The van der Waals surface area contributed by atoms with E-state index in [0.717, 1.165) is 44.6 Å². The number of benzene rings is 1. The molecule has 2 heterocycles. The molecular formula is C18H26N2O3. The maximum absolute atomic E-state index is 12.5. The molecule has 1 atom stereocenters. The number of hydrogen-bond donors (Lipinski definition) is 1. The van der Waals surface area contributed by atoms with E-state index in [-0.39, 0.29) is 11.8 Å². The molecule has 2 aliphatic rings. The molecular weight excluding hydrogens is 292 g/mol. The Hall–Kier alpha value is -1.43. The number of carbonyl (C=O) groups is 1. The van der Waals surface area contributed by atoms with Gasteiger partial charge in [0.15, 0.2) is 0 Å². The first-order chi connectivity index (χ1) is 11.2. The number of β-amino-alcohol motifs (C(OH)–C–C–N with tert-alkyl or cyclic N) is 1. The van der Waals surface area contributed by atoms with Gasteiger partial charge in [0.2, 0.25) is 5.91 Å². The molecule has 0 aliphatic carbocycles. The molecule has 0 radical (unpaired) electrons. The average Bonchev–Trinajstić information content (AvgIpc) is 2.63. The number of rotatable bonds is 4. The number of nitrogens with zero attached hydrogens (tertiary/aromatic N) is 2. The van der Waals surface area contributed by atoms with E-state index < -0.39 is 6.10 Å². The van der Waals surface area contributed by atoms with Crippen molar-refractivity contribution < 1.29 is 14.6 Å². The van der Waals surface area contributed by atoms with Crippen molar-refractivity contribution in [2.24, 2.45) is 5.92 Å². The van der Waals surface area contributed by atoms with Gasteiger partial charge in [-0.3, -0.25) is 9.69 Å². The van der Waals surface area contributed by atoms with Gasteiger partial charge in [-0.15, -0.1) is 0 Å². The first-order valence-electron chi connectivity index (χ1n) is 8.56. The summed E-state index contributed by atoms with van der Waals surface area (Å²) in [6, 6.07) is 9.76. The van der Waals surface area contributed by atoms with E-state index in [1.54, 1.807) is 0 Å². The Bertz CT molecular complexity index is 494. The fourth-order valence-electron chi connectivity index (χ4n) is 3.38. The summed E-state index contributed by atoms with van der Waals surface area (Å²) in [6.45, 7) is 5.23. The summed E-state index contributed by atoms with van der Waals surface area (Å²) < 4.78 is 5.33. The number of ether oxygens (including phenoxy) is 1. The second-order valence-corrected chi connectivity index (χ2v) is 6.44. The third kappa shape index (κ3) is 4.31. The van der Waals surface area contributed by atoms with Crippen molar-refractivity contribution in [3.8, 4) is 0 Å². The summed E-state index contributed by atoms with van der Waals surface area (Å²) in [7, 11) is 0. The van der Waals surface area contributed by atoms with Crippen molar-refractivity contribution in [3.05, 3.63) is 35.9 Å². The highest BCUT2D eigenvalue weighted by molar-refractivity contribution is 5.79. The summed E-state index contributed by atoms with van der Waals surface area (Å²) in [5.41, 5.74) is 0.952. The predicted molar refractivity (Wildman–Crippen MR) is 88.0 cm³/mol. The minimum Gasteiger partial charge on any atom is -0.387 e. The molecule has 5 heteroatoms. The molecule has 3 rings (SSSR count). The van der Waals surface area contributed by atoms with Crippen LogP contribution in [0.15, 0.2) is 30.3 Å². The first kappa shape index (κ1) is 16.4. The highest BCUT2D eigenvalue weighted by atomic mass is 16.5. The van der Waals surface area contributed by atoms with Crippen LogP contribution in [-0.4, -0.2) is 66.8 Å². The Morgan fingerprint density at radius 3 is 2.43 bits per heavy atom. The molecule has 0 saturated carbocycles. The molecule has 5 nitrogen and oxygen atoms in total. The van der Waals surface area contributed by atoms with Gasteiger partial charge in [-0.05, 0) is 18.4 Å². The van der Waals surface area contributed by atoms with Crippen LogP contribution in [0.5, 0.6) is 0 Å². The summed E-state index contributed by atoms with van der Waals surface area (Å²) in [6.07, 6.45) is 1.24. The quantitative estimate of drug-likeness (QED) is 0.909. The van der Waals surface area contributed by atoms with Crippen molar-refractivity contribution in [2.45, 2.75) is 18.9 Å². The Morgan fingerprint density at radius 1 is 1.13 bits per heavy atom. The maximum Gasteiger partial charge on any atom is 0.225 e. The number of piperazine rings is 1. The molecule has 1 aromatic rings. The second-order valence-electron chi connectivity index (χ2n) is 6.44. The SMILES string of the molecule is O=C(C1CCOCC1)N1CCN(CC(O)c2ccccc2)CC1. The Kier molecular flexibility index (Phi) is 5.65. The van der Waals surface area contributed by atoms with Crippen LogP contribution in [-0.2, 0) is 9.53 Å². The van der Waals surface area contributed by atoms with Crippen molar-refractivity contribution in [2.75, 3.05) is 45.9 Å². The largest absolute Gasteiger partial charge is 0.387 e. The molecule has 2 aliphatic heterocycles. The van der Waals surface area contributed by atoms with Crippen LogP contribution in [0, 0.1) is 5.92 Å². The van der Waals surface area contributed by atoms with Crippen LogP contribution in [0.3, 0.4) is 0 Å². The molecule has 2 saturated heterocycles. The van der Waals surface area contributed by atoms with Crippen molar-refractivity contribution >= 4 is 5.91 Å². The standard InChI is InChI=1S/C18H26N2O3/c21-17(15-4-2-1-3-5-15)14-19-8-10-20(11-9-19)18(22)16-6-12-23-13-7-16/h1-5,16-17,21H,6-14H2. The van der Waals surface area contributed by atoms with Gasteiger partial charge in [0.25, 0.3) is 0 Å². The lowest BCUT2D eigenvalue weighted by Gasteiger charge is -2.37. The van der Waals surface area contributed by atoms with Gasteiger partial charge in [0.1, 0.15) is 0 Å². The van der Waals surface area contributed by atoms with E-state index in [9.17, 15) is 9.90 Å². The number of aliphatic hydroxyl groups excluding tert-OH is 1. The topological polar surface area (TPSA) is 53.0 Å². The molecule has 1 amide bonds. The van der Waals surface area contributed by atoms with E-state index in [4.69, 9.17) is 4.74 Å². The molecule has 1 unspecified atom stereocenters. The fourth-order valence-corrected chi connectivity index (χ4v) is 3.38. The third-order valence-electron chi connectivity index (χ3n) is 4.87. The minimum atomic E-state index is -0.464. The number of carbonyl (C=O) groups excluding carboxylic acids is 1. The fraction of sp³-hybridized carbons (Fsp3) is 0.611. The normalized spacial score (nSPS) is 22.0. The first-order valence-corrected chi connectivity index (χ1v) is 8.56. The average molecular weight is 318 g/mol. The van der Waals surface area contributed by atoms with Crippen LogP contribution >= 0.6 is 0 Å². The Morgan fingerprint density at radius 2 is 1.78 bits per heavy atom. The van der Waals surface area contributed by atoms with Gasteiger partial charge in [-0.1, -0.05) is 30.3 Å². The molecule has 23 heavy (non-hydrogen) atoms. The summed E-state index contributed by atoms with van der Waals surface area (Å²) in [4.78, 5) is 16.7. The van der Waals surface area contributed by atoms with Crippen molar-refractivity contribution in [1.82, 2.24) is 9.80 Å². The van der Waals surface area contributed by atoms with Gasteiger partial charge in [-0.25, -0.2) is 0 Å². The number of hydrogen-bond acceptors (Lipinski definition) is 4. The zero-order valence-electron chi connectivity index (χ0n) is 13.6. The number of amides is 1. The zero-order chi connectivity index (χ0) is 16.1. The Labute approximate surface area is 137 Å². The summed E-state index contributed by atoms with van der Waals surface area (Å²) in [5.74, 6) is 0.432. The van der Waals surface area contributed by atoms with Crippen LogP contribution in [0.2, 0.25) is 0 Å². The van der Waals surface area contributed by atoms with Crippen LogP contribution < -0.4 is 0 Å². The minimum absolute atomic E-state index is 0.144. The van der Waals surface area contributed by atoms with Crippen LogP contribution in [0.4, 0.5) is 0 Å². The molecule has 126 valence electrons. The summed E-state index contributed by atoms with van der Waals surface area (Å²) >= 11 is 0. The van der Waals surface area contributed by atoms with Gasteiger partial charge in [-0.2, -0.15) is 0 Å². The molecule has 1 N–H and O–H groups in total. The van der Waals surface area contributed by atoms with Crippen LogP contribution in [0.25, 0.3) is 0 Å². The summed E-state index contributed by atoms with van der Waals surface area (Å²) in [5, 5.41) is 10.3. The molecule has 2 fully saturated rings. The van der Waals surface area contributed by atoms with E-state index >= 15 is 0 Å². The molecule has 0 aromatic heterocycles. The van der Waals surface area contributed by atoms with E-state index in [0.29, 0.717) is 19.8 Å². The van der Waals surface area contributed by atoms with E-state index in [2.05, 4.69) is 4.90 Å². The highest BCUT2D eigenvalue weighted by Gasteiger charge is 2.29. The van der Waals surface area contributed by atoms with Gasteiger partial charge < -0.3 is 14.7 Å². The highest BCUT2D eigenvalue weighted by Crippen LogP contribution is 2.20. The maximum atomic E-state index is 12.5. The lowest BCUT2D eigenvalue weighted by Crippen LogP contribution is -2.51.